The van der Waals surface area contributed by atoms with Gasteiger partial charge in [0.2, 0.25) is 11.8 Å². The molecule has 29 heavy (non-hydrogen) atoms. The normalized spacial score (nSPS) is 11.7. The van der Waals surface area contributed by atoms with Crippen molar-refractivity contribution in [2.75, 3.05) is 12.3 Å². The fourth-order valence-corrected chi connectivity index (χ4v) is 4.06. The molecule has 2 amide bonds. The summed E-state index contributed by atoms with van der Waals surface area (Å²) in [5, 5.41) is 2.88. The molecule has 2 aromatic carbocycles. The molecule has 0 aromatic heterocycles. The van der Waals surface area contributed by atoms with Gasteiger partial charge in [-0.25, -0.2) is 0 Å². The second-order valence-electron chi connectivity index (χ2n) is 7.11. The lowest BCUT2D eigenvalue weighted by molar-refractivity contribution is -0.141. The summed E-state index contributed by atoms with van der Waals surface area (Å²) in [6.07, 6.45) is 1.03. The molecule has 0 aliphatic carbocycles. The van der Waals surface area contributed by atoms with E-state index >= 15 is 0 Å². The van der Waals surface area contributed by atoms with E-state index in [9.17, 15) is 9.59 Å². The molecular formula is C24H32N2O2S. The summed E-state index contributed by atoms with van der Waals surface area (Å²) < 4.78 is 0. The summed E-state index contributed by atoms with van der Waals surface area (Å²) in [6, 6.07) is 18.0. The zero-order chi connectivity index (χ0) is 21.1. The Bertz CT molecular complexity index is 762. The summed E-state index contributed by atoms with van der Waals surface area (Å²) in [5.74, 6) is 1.58. The number of carbonyl (C=O) groups is 2. The van der Waals surface area contributed by atoms with Crippen molar-refractivity contribution in [3.63, 3.8) is 0 Å². The fourth-order valence-electron chi connectivity index (χ4n) is 3.17. The summed E-state index contributed by atoms with van der Waals surface area (Å²) in [6.45, 7) is 6.92. The highest BCUT2D eigenvalue weighted by molar-refractivity contribution is 7.98. The Balaban J connectivity index is 2.02. The van der Waals surface area contributed by atoms with Crippen molar-refractivity contribution >= 4 is 23.6 Å². The number of thioether (sulfide) groups is 1. The maximum Gasteiger partial charge on any atom is 0.242 e. The van der Waals surface area contributed by atoms with E-state index in [0.717, 1.165) is 17.1 Å². The number of rotatable bonds is 11. The molecule has 0 fully saturated rings. The minimum Gasteiger partial charge on any atom is -0.355 e. The molecule has 0 spiro atoms. The van der Waals surface area contributed by atoms with Gasteiger partial charge in [0.05, 0.1) is 0 Å². The molecular weight excluding hydrogens is 380 g/mol. The van der Waals surface area contributed by atoms with Crippen LogP contribution in [-0.4, -0.2) is 35.1 Å². The van der Waals surface area contributed by atoms with Gasteiger partial charge in [-0.1, -0.05) is 67.1 Å². The predicted octanol–water partition coefficient (Wildman–Crippen LogP) is 4.56. The molecule has 0 saturated carbocycles. The fraction of sp³-hybridized carbons (Fsp3) is 0.417. The van der Waals surface area contributed by atoms with Gasteiger partial charge < -0.3 is 10.2 Å². The third-order valence-corrected chi connectivity index (χ3v) is 5.81. The summed E-state index contributed by atoms with van der Waals surface area (Å²) in [7, 11) is 0. The quantitative estimate of drug-likeness (QED) is 0.550. The Kier molecular flexibility index (Phi) is 9.78. The minimum atomic E-state index is -0.442. The van der Waals surface area contributed by atoms with Crippen LogP contribution in [0.3, 0.4) is 0 Å². The van der Waals surface area contributed by atoms with Crippen LogP contribution in [0.4, 0.5) is 0 Å². The molecule has 0 bridgehead atoms. The second kappa shape index (κ2) is 12.3. The summed E-state index contributed by atoms with van der Waals surface area (Å²) in [4.78, 5) is 27.4. The van der Waals surface area contributed by atoms with Crippen molar-refractivity contribution in [3.8, 4) is 0 Å². The first-order chi connectivity index (χ1) is 14.0. The van der Waals surface area contributed by atoms with Crippen molar-refractivity contribution in [2.45, 2.75) is 52.0 Å². The third kappa shape index (κ3) is 7.58. The number of benzene rings is 2. The van der Waals surface area contributed by atoms with Gasteiger partial charge in [-0.05, 0) is 31.4 Å². The Morgan fingerprint density at radius 2 is 1.69 bits per heavy atom. The van der Waals surface area contributed by atoms with Crippen LogP contribution in [0.25, 0.3) is 0 Å². The largest absolute Gasteiger partial charge is 0.355 e. The number of likely N-dealkylation sites (N-methyl/N-ethyl adjacent to an activating group) is 1. The van der Waals surface area contributed by atoms with E-state index in [1.807, 2.05) is 63.2 Å². The second-order valence-corrected chi connectivity index (χ2v) is 8.22. The first-order valence-corrected chi connectivity index (χ1v) is 11.4. The van der Waals surface area contributed by atoms with Crippen LogP contribution in [0.5, 0.6) is 0 Å². The minimum absolute atomic E-state index is 0.0317. The number of carbonyl (C=O) groups excluding carboxylic acids is 2. The van der Waals surface area contributed by atoms with Crippen LogP contribution in [0, 0.1) is 6.92 Å². The molecule has 0 aliphatic heterocycles. The van der Waals surface area contributed by atoms with Crippen LogP contribution in [0.1, 0.15) is 43.4 Å². The number of hydrogen-bond donors (Lipinski definition) is 1. The molecule has 2 aromatic rings. The first kappa shape index (κ1) is 23.0. The summed E-state index contributed by atoms with van der Waals surface area (Å²) >= 11 is 1.75. The van der Waals surface area contributed by atoms with Gasteiger partial charge in [0.1, 0.15) is 6.04 Å². The number of hydrogen-bond acceptors (Lipinski definition) is 3. The highest BCUT2D eigenvalue weighted by atomic mass is 32.2. The van der Waals surface area contributed by atoms with E-state index < -0.39 is 6.04 Å². The lowest BCUT2D eigenvalue weighted by Crippen LogP contribution is -2.49. The van der Waals surface area contributed by atoms with Crippen molar-refractivity contribution < 1.29 is 9.59 Å². The van der Waals surface area contributed by atoms with Crippen LogP contribution >= 0.6 is 11.8 Å². The van der Waals surface area contributed by atoms with Gasteiger partial charge >= 0.3 is 0 Å². The van der Waals surface area contributed by atoms with E-state index in [2.05, 4.69) is 17.4 Å². The molecule has 0 heterocycles. The lowest BCUT2D eigenvalue weighted by atomic mass is 10.1. The van der Waals surface area contributed by atoms with Gasteiger partial charge in [-0.3, -0.25) is 9.59 Å². The number of amides is 2. The van der Waals surface area contributed by atoms with Gasteiger partial charge in [-0.2, -0.15) is 11.8 Å². The average molecular weight is 413 g/mol. The topological polar surface area (TPSA) is 49.4 Å². The van der Waals surface area contributed by atoms with E-state index in [1.54, 1.807) is 16.7 Å². The smallest absolute Gasteiger partial charge is 0.242 e. The van der Waals surface area contributed by atoms with Crippen LogP contribution in [0.15, 0.2) is 54.6 Å². The predicted molar refractivity (Wildman–Crippen MR) is 122 cm³/mol. The van der Waals surface area contributed by atoms with E-state index in [4.69, 9.17) is 0 Å². The number of nitrogens with one attached hydrogen (secondary N) is 1. The molecule has 0 radical (unpaired) electrons. The maximum absolute atomic E-state index is 13.1. The highest BCUT2D eigenvalue weighted by Crippen LogP contribution is 2.17. The maximum atomic E-state index is 13.1. The monoisotopic (exact) mass is 412 g/mol. The molecule has 156 valence electrons. The van der Waals surface area contributed by atoms with Gasteiger partial charge in [-0.15, -0.1) is 0 Å². The number of aryl methyl sites for hydroxylation is 1. The first-order valence-electron chi connectivity index (χ1n) is 10.3. The van der Waals surface area contributed by atoms with E-state index in [1.165, 1.54) is 11.1 Å². The average Bonchev–Trinajstić information content (AvgIpc) is 2.73. The van der Waals surface area contributed by atoms with Crippen LogP contribution in [-0.2, 0) is 21.9 Å². The Morgan fingerprint density at radius 3 is 2.31 bits per heavy atom. The van der Waals surface area contributed by atoms with Gasteiger partial charge in [0, 0.05) is 31.0 Å². The molecule has 0 saturated heterocycles. The standard InChI is InChI=1S/C24H32N2O2S/c1-4-22(24(28)25-5-2)26(17-20-13-11-19(3)12-14-20)23(27)15-16-29-18-21-9-7-6-8-10-21/h6-14,22H,4-5,15-18H2,1-3H3,(H,25,28)/t22-/m0/s1. The van der Waals surface area contributed by atoms with Crippen molar-refractivity contribution in [3.05, 3.63) is 71.3 Å². The van der Waals surface area contributed by atoms with Gasteiger partial charge in [0.25, 0.3) is 0 Å². The van der Waals surface area contributed by atoms with E-state index in [0.29, 0.717) is 25.9 Å². The Hall–Kier alpha value is -2.27. The number of nitrogens with zero attached hydrogens (tertiary/aromatic N) is 1. The molecule has 1 atom stereocenters. The molecule has 4 nitrogen and oxygen atoms in total. The molecule has 0 aliphatic rings. The van der Waals surface area contributed by atoms with E-state index in [-0.39, 0.29) is 11.8 Å². The molecule has 5 heteroatoms. The molecule has 1 N–H and O–H groups in total. The van der Waals surface area contributed by atoms with Crippen LogP contribution < -0.4 is 5.32 Å². The molecule has 0 unspecified atom stereocenters. The van der Waals surface area contributed by atoms with Crippen molar-refractivity contribution in [1.29, 1.82) is 0 Å². The lowest BCUT2D eigenvalue weighted by Gasteiger charge is -2.30. The SMILES string of the molecule is CCNC(=O)[C@H](CC)N(Cc1ccc(C)cc1)C(=O)CCSCc1ccccc1. The Morgan fingerprint density at radius 1 is 1.00 bits per heavy atom. The molecule has 2 rings (SSSR count). The Labute approximate surface area is 179 Å². The van der Waals surface area contributed by atoms with Gasteiger partial charge in [0.15, 0.2) is 0 Å². The zero-order valence-electron chi connectivity index (χ0n) is 17.7. The van der Waals surface area contributed by atoms with Crippen molar-refractivity contribution in [1.82, 2.24) is 10.2 Å². The van der Waals surface area contributed by atoms with Crippen molar-refractivity contribution in [2.24, 2.45) is 0 Å². The van der Waals surface area contributed by atoms with Crippen LogP contribution in [0.2, 0.25) is 0 Å². The summed E-state index contributed by atoms with van der Waals surface area (Å²) in [5.41, 5.74) is 3.48. The highest BCUT2D eigenvalue weighted by Gasteiger charge is 2.27. The third-order valence-electron chi connectivity index (χ3n) is 4.78. The zero-order valence-corrected chi connectivity index (χ0v) is 18.5.